The molecule has 1 saturated carbocycles. The number of carbonyl (C=O) groups is 2. The lowest BCUT2D eigenvalue weighted by atomic mass is 9.94. The van der Waals surface area contributed by atoms with Crippen LogP contribution < -0.4 is 4.74 Å². The first-order chi connectivity index (χ1) is 13.5. The minimum Gasteiger partial charge on any atom is -0.497 e. The van der Waals surface area contributed by atoms with Crippen LogP contribution in [0.15, 0.2) is 53.0 Å². The molecule has 2 amide bonds. The summed E-state index contributed by atoms with van der Waals surface area (Å²) in [4.78, 5) is 29.6. The highest BCUT2D eigenvalue weighted by Crippen LogP contribution is 2.49. The first-order valence-corrected chi connectivity index (χ1v) is 10.3. The van der Waals surface area contributed by atoms with Crippen molar-refractivity contribution in [1.29, 1.82) is 0 Å². The number of halogens is 1. The predicted molar refractivity (Wildman–Crippen MR) is 111 cm³/mol. The molecule has 2 aliphatic rings. The van der Waals surface area contributed by atoms with Crippen LogP contribution in [-0.4, -0.2) is 54.9 Å². The average molecular weight is 443 g/mol. The molecule has 1 aliphatic carbocycles. The zero-order valence-electron chi connectivity index (χ0n) is 15.9. The monoisotopic (exact) mass is 442 g/mol. The van der Waals surface area contributed by atoms with E-state index in [1.54, 1.807) is 31.4 Å². The molecule has 0 spiro atoms. The predicted octanol–water partition coefficient (Wildman–Crippen LogP) is 3.47. The Balaban J connectivity index is 1.39. The fraction of sp³-hybridized carbons (Fsp3) is 0.364. The highest BCUT2D eigenvalue weighted by molar-refractivity contribution is 9.10. The fourth-order valence-electron chi connectivity index (χ4n) is 3.85. The van der Waals surface area contributed by atoms with Crippen LogP contribution in [0.4, 0.5) is 0 Å². The first-order valence-electron chi connectivity index (χ1n) is 9.52. The zero-order valence-corrected chi connectivity index (χ0v) is 17.4. The molecule has 1 saturated heterocycles. The van der Waals surface area contributed by atoms with E-state index >= 15 is 0 Å². The zero-order chi connectivity index (χ0) is 19.7. The number of nitrogens with zero attached hydrogens (tertiary/aromatic N) is 2. The molecule has 1 aliphatic heterocycles. The van der Waals surface area contributed by atoms with E-state index in [0.717, 1.165) is 28.6 Å². The third-order valence-electron chi connectivity index (χ3n) is 5.75. The van der Waals surface area contributed by atoms with Crippen molar-refractivity contribution in [1.82, 2.24) is 9.80 Å². The molecular formula is C22H23BrN2O3. The maximum atomic E-state index is 13.2. The molecule has 146 valence electrons. The summed E-state index contributed by atoms with van der Waals surface area (Å²) in [6.07, 6.45) is 1.80. The van der Waals surface area contributed by atoms with Crippen molar-refractivity contribution < 1.29 is 14.3 Å². The molecule has 4 rings (SSSR count). The van der Waals surface area contributed by atoms with E-state index in [1.807, 2.05) is 34.1 Å². The largest absolute Gasteiger partial charge is 0.497 e. The number of hydrogen-bond donors (Lipinski definition) is 0. The Morgan fingerprint density at radius 3 is 2.00 bits per heavy atom. The molecule has 28 heavy (non-hydrogen) atoms. The molecule has 2 fully saturated rings. The maximum absolute atomic E-state index is 13.2. The number of hydrogen-bond acceptors (Lipinski definition) is 3. The van der Waals surface area contributed by atoms with Gasteiger partial charge in [-0.3, -0.25) is 9.59 Å². The Bertz CT molecular complexity index is 868. The highest BCUT2D eigenvalue weighted by Gasteiger charge is 2.53. The maximum Gasteiger partial charge on any atom is 0.253 e. The van der Waals surface area contributed by atoms with Gasteiger partial charge < -0.3 is 14.5 Å². The Morgan fingerprint density at radius 1 is 0.893 bits per heavy atom. The number of rotatable bonds is 4. The number of benzene rings is 2. The fourth-order valence-corrected chi connectivity index (χ4v) is 4.12. The Morgan fingerprint density at radius 2 is 1.46 bits per heavy atom. The minimum absolute atomic E-state index is 0.00352. The van der Waals surface area contributed by atoms with E-state index in [9.17, 15) is 9.59 Å². The van der Waals surface area contributed by atoms with E-state index in [2.05, 4.69) is 15.9 Å². The van der Waals surface area contributed by atoms with Crippen LogP contribution in [0.5, 0.6) is 5.75 Å². The normalized spacial score (nSPS) is 17.9. The molecule has 2 aromatic carbocycles. The number of carbonyl (C=O) groups excluding carboxylic acids is 2. The van der Waals surface area contributed by atoms with Gasteiger partial charge in [-0.15, -0.1) is 0 Å². The number of ether oxygens (including phenoxy) is 1. The van der Waals surface area contributed by atoms with Crippen molar-refractivity contribution in [2.75, 3.05) is 33.3 Å². The van der Waals surface area contributed by atoms with Crippen molar-refractivity contribution in [3.8, 4) is 5.75 Å². The molecule has 0 aromatic heterocycles. The van der Waals surface area contributed by atoms with E-state index in [1.165, 1.54) is 0 Å². The van der Waals surface area contributed by atoms with Crippen LogP contribution in [0.25, 0.3) is 0 Å². The van der Waals surface area contributed by atoms with Crippen molar-refractivity contribution in [3.63, 3.8) is 0 Å². The van der Waals surface area contributed by atoms with E-state index in [-0.39, 0.29) is 17.2 Å². The second-order valence-corrected chi connectivity index (χ2v) is 8.32. The Labute approximate surface area is 173 Å². The lowest BCUT2D eigenvalue weighted by Gasteiger charge is -2.36. The number of piperazine rings is 1. The van der Waals surface area contributed by atoms with Crippen LogP contribution in [0.3, 0.4) is 0 Å². The smallest absolute Gasteiger partial charge is 0.253 e. The van der Waals surface area contributed by atoms with Crippen LogP contribution in [-0.2, 0) is 10.2 Å². The van der Waals surface area contributed by atoms with Gasteiger partial charge in [0, 0.05) is 36.2 Å². The molecule has 2 aromatic rings. The van der Waals surface area contributed by atoms with Gasteiger partial charge in [0.15, 0.2) is 0 Å². The summed E-state index contributed by atoms with van der Waals surface area (Å²) in [6.45, 7) is 2.29. The van der Waals surface area contributed by atoms with Gasteiger partial charge in [0.2, 0.25) is 5.91 Å². The van der Waals surface area contributed by atoms with Crippen LogP contribution in [0.1, 0.15) is 28.8 Å². The average Bonchev–Trinajstić information content (AvgIpc) is 3.55. The minimum atomic E-state index is -0.358. The lowest BCUT2D eigenvalue weighted by molar-refractivity contribution is -0.135. The molecule has 5 nitrogen and oxygen atoms in total. The summed E-state index contributed by atoms with van der Waals surface area (Å²) in [5.74, 6) is 0.935. The molecule has 0 bridgehead atoms. The molecule has 6 heteroatoms. The summed E-state index contributed by atoms with van der Waals surface area (Å²) in [5, 5.41) is 0. The van der Waals surface area contributed by atoms with E-state index in [0.29, 0.717) is 31.7 Å². The SMILES string of the molecule is COc1ccc(C(=O)N2CCN(C(=O)C3(c4ccc(Br)cc4)CC3)CC2)cc1. The molecule has 1 heterocycles. The summed E-state index contributed by atoms with van der Waals surface area (Å²) < 4.78 is 6.16. The van der Waals surface area contributed by atoms with Crippen molar-refractivity contribution in [2.24, 2.45) is 0 Å². The van der Waals surface area contributed by atoms with Gasteiger partial charge in [-0.1, -0.05) is 28.1 Å². The molecule has 0 unspecified atom stereocenters. The second-order valence-electron chi connectivity index (χ2n) is 7.40. The van der Waals surface area contributed by atoms with Crippen molar-refractivity contribution in [3.05, 3.63) is 64.1 Å². The number of amides is 2. The Hall–Kier alpha value is -2.34. The van der Waals surface area contributed by atoms with Gasteiger partial charge in [-0.05, 0) is 54.8 Å². The third-order valence-corrected chi connectivity index (χ3v) is 6.28. The van der Waals surface area contributed by atoms with Gasteiger partial charge in [-0.25, -0.2) is 0 Å². The summed E-state index contributed by atoms with van der Waals surface area (Å²) >= 11 is 3.45. The van der Waals surface area contributed by atoms with Gasteiger partial charge >= 0.3 is 0 Å². The molecule has 0 atom stereocenters. The summed E-state index contributed by atoms with van der Waals surface area (Å²) in [6, 6.07) is 15.2. The van der Waals surface area contributed by atoms with E-state index in [4.69, 9.17) is 4.74 Å². The van der Waals surface area contributed by atoms with Crippen LogP contribution in [0, 0.1) is 0 Å². The van der Waals surface area contributed by atoms with Gasteiger partial charge in [0.1, 0.15) is 5.75 Å². The standard InChI is InChI=1S/C22H23BrN2O3/c1-28-19-8-2-16(3-9-19)20(26)24-12-14-25(15-13-24)21(27)22(10-11-22)17-4-6-18(23)7-5-17/h2-9H,10-15H2,1H3. The molecule has 0 radical (unpaired) electrons. The topological polar surface area (TPSA) is 49.9 Å². The quantitative estimate of drug-likeness (QED) is 0.727. The summed E-state index contributed by atoms with van der Waals surface area (Å²) in [5.41, 5.74) is 1.38. The van der Waals surface area contributed by atoms with Gasteiger partial charge in [0.05, 0.1) is 12.5 Å². The number of methoxy groups -OCH3 is 1. The molecular weight excluding hydrogens is 420 g/mol. The van der Waals surface area contributed by atoms with Gasteiger partial charge in [0.25, 0.3) is 5.91 Å². The van der Waals surface area contributed by atoms with Crippen molar-refractivity contribution >= 4 is 27.7 Å². The highest BCUT2D eigenvalue weighted by atomic mass is 79.9. The lowest BCUT2D eigenvalue weighted by Crippen LogP contribution is -2.53. The second kappa shape index (κ2) is 7.59. The summed E-state index contributed by atoms with van der Waals surface area (Å²) in [7, 11) is 1.61. The van der Waals surface area contributed by atoms with Gasteiger partial charge in [-0.2, -0.15) is 0 Å². The van der Waals surface area contributed by atoms with Crippen LogP contribution >= 0.6 is 15.9 Å². The van der Waals surface area contributed by atoms with E-state index < -0.39 is 0 Å². The Kier molecular flexibility index (Phi) is 5.15. The first kappa shape index (κ1) is 19.0. The third kappa shape index (κ3) is 3.53. The van der Waals surface area contributed by atoms with Crippen LogP contribution in [0.2, 0.25) is 0 Å². The van der Waals surface area contributed by atoms with Crippen molar-refractivity contribution in [2.45, 2.75) is 18.3 Å². The molecule has 0 N–H and O–H groups in total.